The van der Waals surface area contributed by atoms with Gasteiger partial charge in [0, 0.05) is 35.9 Å². The molecule has 5 heteroatoms. The summed E-state index contributed by atoms with van der Waals surface area (Å²) >= 11 is 1.76. The molecule has 1 aliphatic carbocycles. The Balaban J connectivity index is 1.57. The van der Waals surface area contributed by atoms with Crippen LogP contribution in [0.1, 0.15) is 41.1 Å². The molecule has 0 bridgehead atoms. The summed E-state index contributed by atoms with van der Waals surface area (Å²) in [6.07, 6.45) is 3.39. The summed E-state index contributed by atoms with van der Waals surface area (Å²) in [6.45, 7) is 8.82. The smallest absolute Gasteiger partial charge is 0.252 e. The zero-order chi connectivity index (χ0) is 15.5. The number of nitrogens with zero attached hydrogens (tertiary/aromatic N) is 1. The van der Waals surface area contributed by atoms with Gasteiger partial charge in [-0.3, -0.25) is 9.69 Å². The van der Waals surface area contributed by atoms with E-state index in [1.54, 1.807) is 11.3 Å². The molecular formula is C17H26N2O2S. The number of nitrogens with one attached hydrogen (secondary N) is 1. The van der Waals surface area contributed by atoms with Crippen molar-refractivity contribution in [3.63, 3.8) is 0 Å². The number of ether oxygens (including phenoxy) is 1. The lowest BCUT2D eigenvalue weighted by atomic mass is 9.88. The van der Waals surface area contributed by atoms with Gasteiger partial charge in [-0.15, -0.1) is 11.3 Å². The van der Waals surface area contributed by atoms with Crippen molar-refractivity contribution in [2.24, 2.45) is 5.92 Å². The van der Waals surface area contributed by atoms with Gasteiger partial charge in [-0.2, -0.15) is 0 Å². The minimum atomic E-state index is 0.104. The van der Waals surface area contributed by atoms with Gasteiger partial charge >= 0.3 is 0 Å². The highest BCUT2D eigenvalue weighted by atomic mass is 32.1. The molecule has 4 nitrogen and oxygen atoms in total. The van der Waals surface area contributed by atoms with Gasteiger partial charge in [-0.05, 0) is 37.7 Å². The molecule has 122 valence electrons. The number of morpholine rings is 1. The van der Waals surface area contributed by atoms with Crippen LogP contribution < -0.4 is 5.32 Å². The summed E-state index contributed by atoms with van der Waals surface area (Å²) in [5, 5.41) is 5.23. The van der Waals surface area contributed by atoms with E-state index in [0.29, 0.717) is 0 Å². The molecule has 1 aromatic rings. The first-order valence-electron chi connectivity index (χ1n) is 8.33. The number of hydrogen-bond donors (Lipinski definition) is 1. The molecule has 2 heterocycles. The predicted molar refractivity (Wildman–Crippen MR) is 89.7 cm³/mol. The van der Waals surface area contributed by atoms with E-state index in [0.717, 1.165) is 57.2 Å². The van der Waals surface area contributed by atoms with E-state index in [1.165, 1.54) is 16.9 Å². The van der Waals surface area contributed by atoms with Crippen LogP contribution in [-0.2, 0) is 17.6 Å². The average molecular weight is 322 g/mol. The minimum Gasteiger partial charge on any atom is -0.379 e. The van der Waals surface area contributed by atoms with Crippen LogP contribution in [0, 0.1) is 5.92 Å². The number of carbonyl (C=O) groups is 1. The minimum absolute atomic E-state index is 0.104. The van der Waals surface area contributed by atoms with Gasteiger partial charge in [0.1, 0.15) is 0 Å². The molecule has 0 saturated carbocycles. The van der Waals surface area contributed by atoms with E-state index in [2.05, 4.69) is 29.4 Å². The van der Waals surface area contributed by atoms with Crippen LogP contribution in [0.5, 0.6) is 0 Å². The molecule has 2 atom stereocenters. The lowest BCUT2D eigenvalue weighted by Crippen LogP contribution is -2.46. The number of hydrogen-bond acceptors (Lipinski definition) is 4. The molecule has 0 unspecified atom stereocenters. The second-order valence-electron chi connectivity index (χ2n) is 6.69. The summed E-state index contributed by atoms with van der Waals surface area (Å²) in [4.78, 5) is 16.3. The van der Waals surface area contributed by atoms with Crippen molar-refractivity contribution in [3.05, 3.63) is 21.4 Å². The van der Waals surface area contributed by atoms with E-state index < -0.39 is 0 Å². The molecule has 3 rings (SSSR count). The molecule has 0 radical (unpaired) electrons. The zero-order valence-corrected chi connectivity index (χ0v) is 14.4. The quantitative estimate of drug-likeness (QED) is 0.925. The first kappa shape index (κ1) is 16.0. The monoisotopic (exact) mass is 322 g/mol. The lowest BCUT2D eigenvalue weighted by molar-refractivity contribution is 0.0342. The highest BCUT2D eigenvalue weighted by molar-refractivity contribution is 7.10. The zero-order valence-electron chi connectivity index (χ0n) is 13.6. The number of fused-ring (bicyclic) bond motifs is 1. The standard InChI is InChI=1S/C17H26N2O2S/c1-12-3-4-14-15(11-22-16(14)9-12)17(20)18-13(2)10-19-5-7-21-8-6-19/h11-13H,3-10H2,1-2H3,(H,18,20)/t12-,13-/m1/s1. The number of carbonyl (C=O) groups excluding carboxylic acids is 1. The van der Waals surface area contributed by atoms with E-state index in [-0.39, 0.29) is 11.9 Å². The van der Waals surface area contributed by atoms with Gasteiger partial charge in [-0.25, -0.2) is 0 Å². The van der Waals surface area contributed by atoms with Crippen molar-refractivity contribution in [2.45, 2.75) is 39.2 Å². The SMILES string of the molecule is C[C@@H]1CCc2c(C(=O)N[C@H](C)CN3CCOCC3)csc2C1. The van der Waals surface area contributed by atoms with Gasteiger partial charge in [0.15, 0.2) is 0 Å². The second kappa shape index (κ2) is 7.11. The third-order valence-electron chi connectivity index (χ3n) is 4.66. The molecule has 22 heavy (non-hydrogen) atoms. The van der Waals surface area contributed by atoms with Crippen LogP contribution in [0.4, 0.5) is 0 Å². The third kappa shape index (κ3) is 3.70. The van der Waals surface area contributed by atoms with Crippen LogP contribution in [0.3, 0.4) is 0 Å². The number of thiophene rings is 1. The predicted octanol–water partition coefficient (Wildman–Crippen LogP) is 2.32. The first-order valence-corrected chi connectivity index (χ1v) is 9.21. The Morgan fingerprint density at radius 2 is 2.27 bits per heavy atom. The summed E-state index contributed by atoms with van der Waals surface area (Å²) in [6, 6.07) is 0.170. The molecule has 1 saturated heterocycles. The Hall–Kier alpha value is -0.910. The van der Waals surface area contributed by atoms with Crippen LogP contribution in [0.2, 0.25) is 0 Å². The van der Waals surface area contributed by atoms with Crippen molar-refractivity contribution in [3.8, 4) is 0 Å². The molecule has 1 aromatic heterocycles. The van der Waals surface area contributed by atoms with Gasteiger partial charge in [0.25, 0.3) is 5.91 Å². The van der Waals surface area contributed by atoms with Crippen molar-refractivity contribution < 1.29 is 9.53 Å². The number of amides is 1. The maximum atomic E-state index is 12.6. The normalized spacial score (nSPS) is 23.8. The highest BCUT2D eigenvalue weighted by Crippen LogP contribution is 2.32. The first-order chi connectivity index (χ1) is 10.6. The Morgan fingerprint density at radius 1 is 1.50 bits per heavy atom. The fraction of sp³-hybridized carbons (Fsp3) is 0.706. The van der Waals surface area contributed by atoms with Gasteiger partial charge < -0.3 is 10.1 Å². The molecule has 0 spiro atoms. The van der Waals surface area contributed by atoms with Crippen molar-refractivity contribution in [1.29, 1.82) is 0 Å². The largest absolute Gasteiger partial charge is 0.379 e. The van der Waals surface area contributed by atoms with Crippen LogP contribution in [-0.4, -0.2) is 49.7 Å². The summed E-state index contributed by atoms with van der Waals surface area (Å²) in [5.41, 5.74) is 2.22. The Bertz CT molecular complexity index is 523. The maximum Gasteiger partial charge on any atom is 0.252 e. The molecule has 1 fully saturated rings. The Kier molecular flexibility index (Phi) is 5.16. The van der Waals surface area contributed by atoms with Gasteiger partial charge in [0.2, 0.25) is 0 Å². The van der Waals surface area contributed by atoms with E-state index in [1.807, 2.05) is 0 Å². The highest BCUT2D eigenvalue weighted by Gasteiger charge is 2.24. The summed E-state index contributed by atoms with van der Waals surface area (Å²) in [5.74, 6) is 0.857. The average Bonchev–Trinajstić information content (AvgIpc) is 2.91. The lowest BCUT2D eigenvalue weighted by Gasteiger charge is -2.29. The number of rotatable bonds is 4. The molecule has 1 aliphatic heterocycles. The van der Waals surface area contributed by atoms with Crippen LogP contribution in [0.15, 0.2) is 5.38 Å². The Labute approximate surface area is 136 Å². The van der Waals surface area contributed by atoms with E-state index in [9.17, 15) is 4.79 Å². The topological polar surface area (TPSA) is 41.6 Å². The van der Waals surface area contributed by atoms with Gasteiger partial charge in [-0.1, -0.05) is 6.92 Å². The molecule has 1 amide bonds. The van der Waals surface area contributed by atoms with Crippen LogP contribution in [0.25, 0.3) is 0 Å². The van der Waals surface area contributed by atoms with Crippen LogP contribution >= 0.6 is 11.3 Å². The maximum absolute atomic E-state index is 12.6. The summed E-state index contributed by atoms with van der Waals surface area (Å²) in [7, 11) is 0. The van der Waals surface area contributed by atoms with Crippen molar-refractivity contribution in [2.75, 3.05) is 32.8 Å². The van der Waals surface area contributed by atoms with E-state index >= 15 is 0 Å². The second-order valence-corrected chi connectivity index (χ2v) is 7.65. The van der Waals surface area contributed by atoms with Crippen molar-refractivity contribution >= 4 is 17.2 Å². The fourth-order valence-corrected chi connectivity index (χ4v) is 4.63. The fourth-order valence-electron chi connectivity index (χ4n) is 3.39. The summed E-state index contributed by atoms with van der Waals surface area (Å²) < 4.78 is 5.36. The third-order valence-corrected chi connectivity index (χ3v) is 5.71. The van der Waals surface area contributed by atoms with Crippen molar-refractivity contribution in [1.82, 2.24) is 10.2 Å². The Morgan fingerprint density at radius 3 is 3.05 bits per heavy atom. The molecule has 1 N–H and O–H groups in total. The van der Waals surface area contributed by atoms with Gasteiger partial charge in [0.05, 0.1) is 18.8 Å². The van der Waals surface area contributed by atoms with E-state index in [4.69, 9.17) is 4.74 Å². The molecule has 0 aromatic carbocycles. The molecule has 2 aliphatic rings. The molecular weight excluding hydrogens is 296 g/mol.